The fourth-order valence-corrected chi connectivity index (χ4v) is 4.87. The van der Waals surface area contributed by atoms with Crippen molar-refractivity contribution in [2.75, 3.05) is 29.6 Å². The average Bonchev–Trinajstić information content (AvgIpc) is 2.77. The lowest BCUT2D eigenvalue weighted by atomic mass is 10.1. The van der Waals surface area contributed by atoms with Gasteiger partial charge < -0.3 is 20.1 Å². The Morgan fingerprint density at radius 2 is 1.48 bits per heavy atom. The van der Waals surface area contributed by atoms with E-state index in [1.807, 2.05) is 32.9 Å². The van der Waals surface area contributed by atoms with Crippen LogP contribution >= 0.6 is 12.2 Å². The zero-order valence-corrected chi connectivity index (χ0v) is 20.8. The van der Waals surface area contributed by atoms with E-state index in [2.05, 4.69) is 15.4 Å². The maximum atomic E-state index is 12.9. The first-order chi connectivity index (χ1) is 15.6. The predicted octanol–water partition coefficient (Wildman–Crippen LogP) is 5.24. The van der Waals surface area contributed by atoms with Crippen LogP contribution < -0.4 is 24.8 Å². The van der Waals surface area contributed by atoms with E-state index >= 15 is 0 Å². The van der Waals surface area contributed by atoms with Crippen molar-refractivity contribution in [3.63, 3.8) is 0 Å². The van der Waals surface area contributed by atoms with Crippen LogP contribution in [0.5, 0.6) is 11.5 Å². The summed E-state index contributed by atoms with van der Waals surface area (Å²) in [5.74, 6) is 1.24. The fraction of sp³-hybridized carbons (Fsp3) is 0.208. The van der Waals surface area contributed by atoms with Crippen molar-refractivity contribution in [3.8, 4) is 11.5 Å². The molecule has 0 bridgehead atoms. The van der Waals surface area contributed by atoms with Crippen LogP contribution in [0.3, 0.4) is 0 Å². The lowest BCUT2D eigenvalue weighted by Gasteiger charge is -2.16. The average molecular weight is 486 g/mol. The van der Waals surface area contributed by atoms with Gasteiger partial charge in [0.2, 0.25) is 0 Å². The summed E-state index contributed by atoms with van der Waals surface area (Å²) in [5.41, 5.74) is 4.74. The monoisotopic (exact) mass is 485 g/mol. The molecule has 3 rings (SSSR count). The van der Waals surface area contributed by atoms with Crippen LogP contribution in [0, 0.1) is 20.8 Å². The zero-order valence-electron chi connectivity index (χ0n) is 19.1. The number of anilines is 3. The molecule has 0 aliphatic rings. The highest BCUT2D eigenvalue weighted by molar-refractivity contribution is 7.92. The molecule has 0 heterocycles. The first-order valence-electron chi connectivity index (χ1n) is 10.1. The van der Waals surface area contributed by atoms with E-state index in [4.69, 9.17) is 21.7 Å². The molecule has 0 saturated carbocycles. The lowest BCUT2D eigenvalue weighted by Crippen LogP contribution is -2.19. The van der Waals surface area contributed by atoms with Crippen LogP contribution in [0.2, 0.25) is 0 Å². The third-order valence-electron chi connectivity index (χ3n) is 4.99. The summed E-state index contributed by atoms with van der Waals surface area (Å²) in [5, 5.41) is 6.44. The summed E-state index contributed by atoms with van der Waals surface area (Å²) in [6, 6.07) is 15.6. The van der Waals surface area contributed by atoms with Crippen LogP contribution in [0.25, 0.3) is 0 Å². The second-order valence-electron chi connectivity index (χ2n) is 7.55. The van der Waals surface area contributed by atoms with Gasteiger partial charge in [0.1, 0.15) is 11.5 Å². The van der Waals surface area contributed by atoms with E-state index in [0.29, 0.717) is 33.7 Å². The number of rotatable bonds is 7. The van der Waals surface area contributed by atoms with Crippen molar-refractivity contribution in [2.24, 2.45) is 0 Å². The molecule has 0 aliphatic carbocycles. The lowest BCUT2D eigenvalue weighted by molar-refractivity contribution is 0.395. The SMILES string of the molecule is COc1ccc(NC(=S)Nc2ccc(S(=O)(=O)Nc3c(C)cc(C)cc3C)cc2)c(OC)c1. The molecule has 0 amide bonds. The molecule has 0 atom stereocenters. The Balaban J connectivity index is 1.71. The fourth-order valence-electron chi connectivity index (χ4n) is 3.44. The van der Waals surface area contributed by atoms with Crippen molar-refractivity contribution in [1.29, 1.82) is 0 Å². The van der Waals surface area contributed by atoms with Crippen LogP contribution in [0.1, 0.15) is 16.7 Å². The second-order valence-corrected chi connectivity index (χ2v) is 9.64. The van der Waals surface area contributed by atoms with Crippen molar-refractivity contribution in [2.45, 2.75) is 25.7 Å². The van der Waals surface area contributed by atoms with E-state index in [1.165, 1.54) is 12.1 Å². The number of hydrogen-bond acceptors (Lipinski definition) is 5. The molecule has 7 nitrogen and oxygen atoms in total. The highest BCUT2D eigenvalue weighted by Gasteiger charge is 2.17. The molecule has 3 aromatic carbocycles. The first-order valence-corrected chi connectivity index (χ1v) is 12.0. The maximum Gasteiger partial charge on any atom is 0.261 e. The van der Waals surface area contributed by atoms with Crippen LogP contribution in [-0.2, 0) is 10.0 Å². The Bertz CT molecular complexity index is 1250. The van der Waals surface area contributed by atoms with Gasteiger partial charge in [-0.05, 0) is 80.5 Å². The topological polar surface area (TPSA) is 88.7 Å². The van der Waals surface area contributed by atoms with Crippen molar-refractivity contribution in [3.05, 3.63) is 71.3 Å². The van der Waals surface area contributed by atoms with E-state index in [1.54, 1.807) is 44.6 Å². The largest absolute Gasteiger partial charge is 0.497 e. The third kappa shape index (κ3) is 5.94. The van der Waals surface area contributed by atoms with Crippen molar-refractivity contribution >= 4 is 44.4 Å². The van der Waals surface area contributed by atoms with Crippen LogP contribution in [0.4, 0.5) is 17.1 Å². The molecule has 33 heavy (non-hydrogen) atoms. The number of benzene rings is 3. The predicted molar refractivity (Wildman–Crippen MR) is 137 cm³/mol. The molecule has 0 unspecified atom stereocenters. The molecular formula is C24H27N3O4S2. The quantitative estimate of drug-likeness (QED) is 0.395. The molecular weight excluding hydrogens is 458 g/mol. The minimum absolute atomic E-state index is 0.156. The molecule has 9 heteroatoms. The molecule has 0 spiro atoms. The highest BCUT2D eigenvalue weighted by atomic mass is 32.2. The molecule has 3 N–H and O–H groups in total. The van der Waals surface area contributed by atoms with Gasteiger partial charge in [-0.15, -0.1) is 0 Å². The van der Waals surface area contributed by atoms with E-state index in [-0.39, 0.29) is 4.90 Å². The number of ether oxygens (including phenoxy) is 2. The van der Waals surface area contributed by atoms with Gasteiger partial charge in [-0.2, -0.15) is 0 Å². The zero-order chi connectivity index (χ0) is 24.2. The number of methoxy groups -OCH3 is 2. The van der Waals surface area contributed by atoms with Crippen LogP contribution in [0.15, 0.2) is 59.5 Å². The van der Waals surface area contributed by atoms with E-state index in [9.17, 15) is 8.42 Å². The Morgan fingerprint density at radius 3 is 2.06 bits per heavy atom. The summed E-state index contributed by atoms with van der Waals surface area (Å²) >= 11 is 5.38. The van der Waals surface area contributed by atoms with Gasteiger partial charge in [-0.1, -0.05) is 17.7 Å². The van der Waals surface area contributed by atoms with Gasteiger partial charge >= 0.3 is 0 Å². The maximum absolute atomic E-state index is 12.9. The molecule has 3 aromatic rings. The van der Waals surface area contributed by atoms with Gasteiger partial charge in [0, 0.05) is 11.8 Å². The standard InChI is InChI=1S/C24H27N3O4S2/c1-15-12-16(2)23(17(3)13-15)27-33(28,29)20-9-6-18(7-10-20)25-24(32)26-21-11-8-19(30-4)14-22(21)31-5/h6-14,27H,1-5H3,(H2,25,26,32). The van der Waals surface area contributed by atoms with Gasteiger partial charge in [0.05, 0.1) is 30.5 Å². The Morgan fingerprint density at radius 1 is 0.848 bits per heavy atom. The summed E-state index contributed by atoms with van der Waals surface area (Å²) < 4.78 is 39.0. The Hall–Kier alpha value is -3.30. The molecule has 0 aromatic heterocycles. The van der Waals surface area contributed by atoms with Crippen molar-refractivity contribution in [1.82, 2.24) is 0 Å². The first kappa shape index (κ1) is 24.3. The molecule has 0 fully saturated rings. The number of sulfonamides is 1. The Kier molecular flexibility index (Phi) is 7.45. The Labute approximate surface area is 200 Å². The van der Waals surface area contributed by atoms with E-state index in [0.717, 1.165) is 16.7 Å². The minimum atomic E-state index is -3.74. The smallest absolute Gasteiger partial charge is 0.261 e. The van der Waals surface area contributed by atoms with Gasteiger partial charge in [0.15, 0.2) is 5.11 Å². The molecule has 0 aliphatic heterocycles. The van der Waals surface area contributed by atoms with Crippen LogP contribution in [-0.4, -0.2) is 27.7 Å². The number of thiocarbonyl (C=S) groups is 1. The summed E-state index contributed by atoms with van der Waals surface area (Å²) in [7, 11) is -0.597. The molecule has 174 valence electrons. The van der Waals surface area contributed by atoms with Crippen molar-refractivity contribution < 1.29 is 17.9 Å². The molecule has 0 saturated heterocycles. The third-order valence-corrected chi connectivity index (χ3v) is 6.56. The number of hydrogen-bond donors (Lipinski definition) is 3. The second kappa shape index (κ2) is 10.1. The van der Waals surface area contributed by atoms with Gasteiger partial charge in [-0.25, -0.2) is 8.42 Å². The summed E-state index contributed by atoms with van der Waals surface area (Å²) in [6.45, 7) is 5.75. The number of aryl methyl sites for hydroxylation is 3. The molecule has 0 radical (unpaired) electrons. The minimum Gasteiger partial charge on any atom is -0.497 e. The van der Waals surface area contributed by atoms with Gasteiger partial charge in [-0.3, -0.25) is 4.72 Å². The highest BCUT2D eigenvalue weighted by Crippen LogP contribution is 2.29. The summed E-state index contributed by atoms with van der Waals surface area (Å²) in [4.78, 5) is 0.156. The van der Waals surface area contributed by atoms with Gasteiger partial charge in [0.25, 0.3) is 10.0 Å². The normalized spacial score (nSPS) is 10.9. The number of nitrogens with one attached hydrogen (secondary N) is 3. The summed E-state index contributed by atoms with van der Waals surface area (Å²) in [6.07, 6.45) is 0. The van der Waals surface area contributed by atoms with E-state index < -0.39 is 10.0 Å².